The van der Waals surface area contributed by atoms with Gasteiger partial charge < -0.3 is 10.6 Å². The van der Waals surface area contributed by atoms with Gasteiger partial charge in [-0.05, 0) is 31.0 Å². The number of rotatable bonds is 2. The average Bonchev–Trinajstić information content (AvgIpc) is 2.32. The third-order valence-electron chi connectivity index (χ3n) is 2.70. The highest BCUT2D eigenvalue weighted by atomic mass is 32.1. The smallest absolute Gasteiger partial charge is 0.251 e. The Bertz CT molecular complexity index is 448. The lowest BCUT2D eigenvalue weighted by Gasteiger charge is -2.22. The van der Waals surface area contributed by atoms with E-state index in [-0.39, 0.29) is 11.8 Å². The molecule has 2 amide bonds. The summed E-state index contributed by atoms with van der Waals surface area (Å²) in [4.78, 5) is 24.1. The molecular weight excluding hydrogens is 236 g/mol. The molecule has 17 heavy (non-hydrogen) atoms. The number of benzene rings is 1. The molecule has 1 heterocycles. The van der Waals surface area contributed by atoms with Gasteiger partial charge in [-0.3, -0.25) is 9.59 Å². The molecule has 0 spiro atoms. The van der Waals surface area contributed by atoms with Gasteiger partial charge in [-0.2, -0.15) is 0 Å². The van der Waals surface area contributed by atoms with E-state index < -0.39 is 6.04 Å². The molecule has 0 aliphatic carbocycles. The van der Waals surface area contributed by atoms with Crippen LogP contribution in [-0.2, 0) is 4.79 Å². The standard InChI is InChI=1S/C12H14N2O2S/c15-11(8-3-1-4-9(17)7-8)14-10-5-2-6-13-12(10)16/h1,3-4,7,10,17H,2,5-6H2,(H,13,16)(H,14,15). The number of thiol groups is 1. The van der Waals surface area contributed by atoms with Crippen LogP contribution in [0.1, 0.15) is 23.2 Å². The van der Waals surface area contributed by atoms with E-state index in [4.69, 9.17) is 0 Å². The molecule has 1 fully saturated rings. The number of carbonyl (C=O) groups is 2. The van der Waals surface area contributed by atoms with Crippen molar-refractivity contribution in [1.29, 1.82) is 0 Å². The van der Waals surface area contributed by atoms with Gasteiger partial charge in [0.25, 0.3) is 5.91 Å². The summed E-state index contributed by atoms with van der Waals surface area (Å²) in [5.74, 6) is -0.338. The maximum Gasteiger partial charge on any atom is 0.251 e. The van der Waals surface area contributed by atoms with Gasteiger partial charge in [0.15, 0.2) is 0 Å². The zero-order valence-electron chi connectivity index (χ0n) is 9.27. The Kier molecular flexibility index (Phi) is 3.68. The Morgan fingerprint density at radius 1 is 1.47 bits per heavy atom. The topological polar surface area (TPSA) is 58.2 Å². The summed E-state index contributed by atoms with van der Waals surface area (Å²) < 4.78 is 0. The molecule has 5 heteroatoms. The molecule has 0 radical (unpaired) electrons. The van der Waals surface area contributed by atoms with E-state index in [0.29, 0.717) is 18.5 Å². The summed E-state index contributed by atoms with van der Waals surface area (Å²) in [5, 5.41) is 5.46. The highest BCUT2D eigenvalue weighted by Crippen LogP contribution is 2.10. The summed E-state index contributed by atoms with van der Waals surface area (Å²) in [5.41, 5.74) is 0.524. The SMILES string of the molecule is O=C(NC1CCCNC1=O)c1cccc(S)c1. The van der Waals surface area contributed by atoms with Crippen molar-refractivity contribution in [3.8, 4) is 0 Å². The first-order valence-electron chi connectivity index (χ1n) is 5.54. The molecule has 2 N–H and O–H groups in total. The van der Waals surface area contributed by atoms with Gasteiger partial charge in [-0.25, -0.2) is 0 Å². The normalized spacial score (nSPS) is 19.6. The Hall–Kier alpha value is -1.49. The largest absolute Gasteiger partial charge is 0.354 e. The maximum atomic E-state index is 11.9. The van der Waals surface area contributed by atoms with E-state index in [1.807, 2.05) is 0 Å². The number of piperidine rings is 1. The third-order valence-corrected chi connectivity index (χ3v) is 2.98. The van der Waals surface area contributed by atoms with Crippen LogP contribution in [0.2, 0.25) is 0 Å². The van der Waals surface area contributed by atoms with Crippen LogP contribution in [0.5, 0.6) is 0 Å². The fourth-order valence-electron chi connectivity index (χ4n) is 1.80. The van der Waals surface area contributed by atoms with Crippen molar-refractivity contribution in [2.45, 2.75) is 23.8 Å². The number of hydrogen-bond donors (Lipinski definition) is 3. The molecule has 1 unspecified atom stereocenters. The van der Waals surface area contributed by atoms with Gasteiger partial charge in [0.2, 0.25) is 5.91 Å². The molecule has 1 aromatic rings. The van der Waals surface area contributed by atoms with Gasteiger partial charge in [0.05, 0.1) is 0 Å². The first-order valence-corrected chi connectivity index (χ1v) is 5.99. The van der Waals surface area contributed by atoms with Crippen molar-refractivity contribution >= 4 is 24.4 Å². The van der Waals surface area contributed by atoms with Crippen molar-refractivity contribution in [2.75, 3.05) is 6.54 Å². The van der Waals surface area contributed by atoms with Crippen molar-refractivity contribution in [1.82, 2.24) is 10.6 Å². The van der Waals surface area contributed by atoms with Crippen LogP contribution in [0.4, 0.5) is 0 Å². The van der Waals surface area contributed by atoms with Gasteiger partial charge in [0, 0.05) is 17.0 Å². The number of hydrogen-bond acceptors (Lipinski definition) is 3. The first-order chi connectivity index (χ1) is 8.16. The Morgan fingerprint density at radius 2 is 2.29 bits per heavy atom. The van der Waals surface area contributed by atoms with Crippen LogP contribution in [-0.4, -0.2) is 24.4 Å². The zero-order chi connectivity index (χ0) is 12.3. The molecule has 4 nitrogen and oxygen atoms in total. The molecule has 1 atom stereocenters. The van der Waals surface area contributed by atoms with Crippen molar-refractivity contribution in [2.24, 2.45) is 0 Å². The quantitative estimate of drug-likeness (QED) is 0.685. The van der Waals surface area contributed by atoms with E-state index in [9.17, 15) is 9.59 Å². The van der Waals surface area contributed by atoms with Crippen molar-refractivity contribution < 1.29 is 9.59 Å². The number of nitrogens with one attached hydrogen (secondary N) is 2. The van der Waals surface area contributed by atoms with Crippen LogP contribution < -0.4 is 10.6 Å². The van der Waals surface area contributed by atoms with E-state index in [1.165, 1.54) is 0 Å². The minimum absolute atomic E-state index is 0.105. The average molecular weight is 250 g/mol. The minimum Gasteiger partial charge on any atom is -0.354 e. The lowest BCUT2D eigenvalue weighted by molar-refractivity contribution is -0.124. The van der Waals surface area contributed by atoms with Gasteiger partial charge in [0.1, 0.15) is 6.04 Å². The Balaban J connectivity index is 2.03. The van der Waals surface area contributed by atoms with Crippen molar-refractivity contribution in [3.63, 3.8) is 0 Å². The molecule has 1 aliphatic heterocycles. The van der Waals surface area contributed by atoms with Gasteiger partial charge in [-0.1, -0.05) is 6.07 Å². The van der Waals surface area contributed by atoms with Crippen molar-refractivity contribution in [3.05, 3.63) is 29.8 Å². The van der Waals surface area contributed by atoms with Crippen LogP contribution in [0.3, 0.4) is 0 Å². The molecule has 0 aromatic heterocycles. The second-order valence-corrected chi connectivity index (χ2v) is 4.53. The molecule has 1 saturated heterocycles. The van der Waals surface area contributed by atoms with Crippen LogP contribution in [0.25, 0.3) is 0 Å². The summed E-state index contributed by atoms with van der Waals surface area (Å²) >= 11 is 4.17. The molecule has 90 valence electrons. The lowest BCUT2D eigenvalue weighted by Crippen LogP contribution is -2.50. The van der Waals surface area contributed by atoms with E-state index >= 15 is 0 Å². The molecule has 0 bridgehead atoms. The molecule has 0 saturated carbocycles. The van der Waals surface area contributed by atoms with E-state index in [0.717, 1.165) is 11.3 Å². The Morgan fingerprint density at radius 3 is 3.00 bits per heavy atom. The van der Waals surface area contributed by atoms with Gasteiger partial charge >= 0.3 is 0 Å². The fourth-order valence-corrected chi connectivity index (χ4v) is 2.02. The molecular formula is C12H14N2O2S. The van der Waals surface area contributed by atoms with E-state index in [2.05, 4.69) is 23.3 Å². The Labute approximate surface area is 105 Å². The first kappa shape index (κ1) is 12.0. The highest BCUT2D eigenvalue weighted by Gasteiger charge is 2.23. The second-order valence-electron chi connectivity index (χ2n) is 4.01. The summed E-state index contributed by atoms with van der Waals surface area (Å²) in [6, 6.07) is 6.53. The predicted octanol–water partition coefficient (Wildman–Crippen LogP) is 0.984. The lowest BCUT2D eigenvalue weighted by atomic mass is 10.1. The molecule has 2 rings (SSSR count). The summed E-state index contributed by atoms with van der Waals surface area (Å²) in [6.07, 6.45) is 1.58. The van der Waals surface area contributed by atoms with E-state index in [1.54, 1.807) is 24.3 Å². The maximum absolute atomic E-state index is 11.9. The zero-order valence-corrected chi connectivity index (χ0v) is 10.2. The second kappa shape index (κ2) is 5.23. The number of amides is 2. The number of carbonyl (C=O) groups excluding carboxylic acids is 2. The third kappa shape index (κ3) is 3.00. The summed E-state index contributed by atoms with van der Waals surface area (Å²) in [6.45, 7) is 0.692. The predicted molar refractivity (Wildman–Crippen MR) is 67.2 cm³/mol. The van der Waals surface area contributed by atoms with Crippen LogP contribution in [0.15, 0.2) is 29.2 Å². The van der Waals surface area contributed by atoms with Crippen LogP contribution in [0, 0.1) is 0 Å². The summed E-state index contributed by atoms with van der Waals surface area (Å²) in [7, 11) is 0. The molecule has 1 aliphatic rings. The highest BCUT2D eigenvalue weighted by molar-refractivity contribution is 7.80. The van der Waals surface area contributed by atoms with Crippen LogP contribution >= 0.6 is 12.6 Å². The minimum atomic E-state index is -0.417. The molecule has 1 aromatic carbocycles. The fraction of sp³-hybridized carbons (Fsp3) is 0.333. The monoisotopic (exact) mass is 250 g/mol. The van der Waals surface area contributed by atoms with Gasteiger partial charge in [-0.15, -0.1) is 12.6 Å².